The van der Waals surface area contributed by atoms with Gasteiger partial charge < -0.3 is 19.8 Å². The van der Waals surface area contributed by atoms with Gasteiger partial charge in [0.05, 0.1) is 0 Å². The molecule has 0 unspecified atom stereocenters. The van der Waals surface area contributed by atoms with E-state index in [1.165, 1.54) is 12.8 Å². The first kappa shape index (κ1) is 34.1. The molecule has 144 valence electrons. The van der Waals surface area contributed by atoms with Crippen LogP contribution in [-0.4, -0.2) is 59.8 Å². The van der Waals surface area contributed by atoms with Gasteiger partial charge in [-0.3, -0.25) is 0 Å². The average molecular weight is 580 g/mol. The molecule has 0 saturated heterocycles. The van der Waals surface area contributed by atoms with Crippen molar-refractivity contribution in [1.82, 2.24) is 0 Å². The molecule has 0 radical (unpaired) electrons. The third kappa shape index (κ3) is 39.6. The Hall–Kier alpha value is 0.537. The van der Waals surface area contributed by atoms with E-state index in [2.05, 4.69) is 41.5 Å². The Morgan fingerprint density at radius 1 is 0.577 bits per heavy atom. The first-order valence-electron chi connectivity index (χ1n) is 9.23. The van der Waals surface area contributed by atoms with E-state index in [0.717, 1.165) is 38.5 Å². The summed E-state index contributed by atoms with van der Waals surface area (Å²) in [4.78, 5) is 20.1. The molecular formula is C20H38O4Sn2+6. The maximum atomic E-state index is 10.0. The van der Waals surface area contributed by atoms with Gasteiger partial charge in [0.2, 0.25) is 0 Å². The molecule has 0 fully saturated rings. The van der Waals surface area contributed by atoms with Crippen molar-refractivity contribution in [2.75, 3.05) is 0 Å². The zero-order valence-corrected chi connectivity index (χ0v) is 23.4. The molecular weight excluding hydrogens is 542 g/mol. The summed E-state index contributed by atoms with van der Waals surface area (Å²) in [5.41, 5.74) is 0.753. The van der Waals surface area contributed by atoms with Crippen LogP contribution < -0.4 is 10.2 Å². The van der Waals surface area contributed by atoms with E-state index < -0.39 is 11.9 Å². The van der Waals surface area contributed by atoms with Gasteiger partial charge in [0.1, 0.15) is 0 Å². The number of carbonyl (C=O) groups is 2. The van der Waals surface area contributed by atoms with E-state index in [9.17, 15) is 19.8 Å². The maximum absolute atomic E-state index is 10.0. The zero-order valence-electron chi connectivity index (χ0n) is 17.7. The van der Waals surface area contributed by atoms with Crippen LogP contribution in [0.4, 0.5) is 0 Å². The second kappa shape index (κ2) is 18.9. The predicted molar refractivity (Wildman–Crippen MR) is 107 cm³/mol. The van der Waals surface area contributed by atoms with Crippen LogP contribution in [0.25, 0.3) is 0 Å². The van der Waals surface area contributed by atoms with Crippen molar-refractivity contribution < 1.29 is 19.8 Å². The normalized spacial score (nSPS) is 10.7. The van der Waals surface area contributed by atoms with Crippen LogP contribution in [0.3, 0.4) is 0 Å². The minimum atomic E-state index is -0.925. The monoisotopic (exact) mass is 582 g/mol. The minimum Gasteiger partial charge on any atom is -0.550 e. The van der Waals surface area contributed by atoms with Gasteiger partial charge in [-0.2, -0.15) is 0 Å². The van der Waals surface area contributed by atoms with E-state index >= 15 is 0 Å². The number of unbranched alkanes of at least 4 members (excludes halogenated alkanes) is 4. The van der Waals surface area contributed by atoms with Crippen molar-refractivity contribution in [3.05, 3.63) is 0 Å². The van der Waals surface area contributed by atoms with E-state index in [1.54, 1.807) is 0 Å². The molecule has 0 N–H and O–H groups in total. The largest absolute Gasteiger partial charge is 4.00 e. The molecule has 0 aromatic heterocycles. The predicted octanol–water partition coefficient (Wildman–Crippen LogP) is 2.70. The fraction of sp³-hybridized carbons (Fsp3) is 0.900. The molecule has 0 saturated carbocycles. The summed E-state index contributed by atoms with van der Waals surface area (Å²) in [5, 5.41) is 20.1. The fourth-order valence-corrected chi connectivity index (χ4v) is 2.20. The van der Waals surface area contributed by atoms with Gasteiger partial charge in [0.15, 0.2) is 0 Å². The molecule has 0 heterocycles. The summed E-state index contributed by atoms with van der Waals surface area (Å²) >= 11 is 0. The molecule has 0 aromatic carbocycles. The van der Waals surface area contributed by atoms with Crippen molar-refractivity contribution in [2.24, 2.45) is 10.8 Å². The summed E-state index contributed by atoms with van der Waals surface area (Å²) in [6.07, 6.45) is 8.54. The summed E-state index contributed by atoms with van der Waals surface area (Å²) in [6.45, 7) is 13.2. The van der Waals surface area contributed by atoms with E-state index in [0.29, 0.717) is 10.8 Å². The smallest absolute Gasteiger partial charge is 0.550 e. The number of carboxylic acids is 2. The Morgan fingerprint density at radius 2 is 0.846 bits per heavy atom. The number of rotatable bonds is 10. The summed E-state index contributed by atoms with van der Waals surface area (Å²) < 4.78 is 0. The molecule has 26 heavy (non-hydrogen) atoms. The summed E-state index contributed by atoms with van der Waals surface area (Å²) in [7, 11) is 0. The standard InChI is InChI=1S/2C10H20O2.2Sn/c2*1-10(2,3)8-6-4-5-7-9(11)12;;/h2*4-8H2,1-3H3,(H,11,12);;/q;;2*+4/p-2. The van der Waals surface area contributed by atoms with Gasteiger partial charge in [0, 0.05) is 11.9 Å². The third-order valence-corrected chi connectivity index (χ3v) is 3.62. The Balaban J connectivity index is -0.000000173. The minimum absolute atomic E-state index is 0. The van der Waals surface area contributed by atoms with Crippen LogP contribution in [-0.2, 0) is 9.59 Å². The van der Waals surface area contributed by atoms with Crippen molar-refractivity contribution in [3.63, 3.8) is 0 Å². The number of hydrogen-bond donors (Lipinski definition) is 0. The van der Waals surface area contributed by atoms with Crippen molar-refractivity contribution in [2.45, 2.75) is 106 Å². The molecule has 0 aliphatic heterocycles. The van der Waals surface area contributed by atoms with Crippen molar-refractivity contribution >= 4 is 59.8 Å². The molecule has 4 nitrogen and oxygen atoms in total. The molecule has 0 atom stereocenters. The first-order chi connectivity index (χ1) is 10.8. The average Bonchev–Trinajstić information content (AvgIpc) is 2.35. The van der Waals surface area contributed by atoms with E-state index in [4.69, 9.17) is 0 Å². The second-order valence-corrected chi connectivity index (χ2v) is 8.99. The van der Waals surface area contributed by atoms with Gasteiger partial charge >= 0.3 is 47.8 Å². The second-order valence-electron chi connectivity index (χ2n) is 8.99. The Labute approximate surface area is 195 Å². The molecule has 0 bridgehead atoms. The van der Waals surface area contributed by atoms with E-state index in [1.807, 2.05) is 0 Å². The van der Waals surface area contributed by atoms with Gasteiger partial charge in [-0.15, -0.1) is 0 Å². The molecule has 6 heteroatoms. The van der Waals surface area contributed by atoms with Crippen LogP contribution in [0.15, 0.2) is 0 Å². The molecule has 0 rings (SSSR count). The van der Waals surface area contributed by atoms with Crippen LogP contribution >= 0.6 is 0 Å². The summed E-state index contributed by atoms with van der Waals surface area (Å²) in [5.74, 6) is -1.85. The van der Waals surface area contributed by atoms with Crippen LogP contribution in [0.1, 0.15) is 106 Å². The maximum Gasteiger partial charge on any atom is 4.00 e. The molecule has 0 aliphatic rings. The zero-order chi connectivity index (χ0) is 19.2. The number of hydrogen-bond acceptors (Lipinski definition) is 4. The fourth-order valence-electron chi connectivity index (χ4n) is 2.20. The Morgan fingerprint density at radius 3 is 1.04 bits per heavy atom. The number of carbonyl (C=O) groups excluding carboxylic acids is 2. The number of carboxylic acid groups (broad SMARTS) is 2. The number of aliphatic carboxylic acids is 2. The summed E-state index contributed by atoms with van der Waals surface area (Å²) in [6, 6.07) is 0. The molecule has 0 spiro atoms. The SMILES string of the molecule is CC(C)(C)CCCCCC(=O)[O-].CC(C)(C)CCCCCC(=O)[O-].[Sn+4].[Sn+4]. The molecule has 0 amide bonds. The molecule has 0 aliphatic carbocycles. The topological polar surface area (TPSA) is 80.3 Å². The van der Waals surface area contributed by atoms with Crippen LogP contribution in [0.2, 0.25) is 0 Å². The van der Waals surface area contributed by atoms with Gasteiger partial charge in [-0.05, 0) is 49.4 Å². The quantitative estimate of drug-likeness (QED) is 0.295. The molecule has 0 aromatic rings. The Kier molecular flexibility index (Phi) is 24.7. The van der Waals surface area contributed by atoms with Crippen molar-refractivity contribution in [3.8, 4) is 0 Å². The third-order valence-electron chi connectivity index (χ3n) is 3.62. The first-order valence-corrected chi connectivity index (χ1v) is 9.23. The van der Waals surface area contributed by atoms with Gasteiger partial charge in [-0.25, -0.2) is 0 Å². The van der Waals surface area contributed by atoms with Gasteiger partial charge in [-0.1, -0.05) is 67.2 Å². The Bertz CT molecular complexity index is 311. The van der Waals surface area contributed by atoms with Crippen LogP contribution in [0, 0.1) is 10.8 Å². The van der Waals surface area contributed by atoms with Crippen molar-refractivity contribution in [1.29, 1.82) is 0 Å². The van der Waals surface area contributed by atoms with E-state index in [-0.39, 0.29) is 60.7 Å². The van der Waals surface area contributed by atoms with Crippen LogP contribution in [0.5, 0.6) is 0 Å². The van der Waals surface area contributed by atoms with Gasteiger partial charge in [0.25, 0.3) is 0 Å².